The molecule has 0 aromatic carbocycles. The van der Waals surface area contributed by atoms with Crippen LogP contribution in [0.4, 0.5) is 13.2 Å². The van der Waals surface area contributed by atoms with E-state index in [-0.39, 0.29) is 5.69 Å². The first-order chi connectivity index (χ1) is 10.3. The van der Waals surface area contributed by atoms with Crippen LogP contribution in [0.2, 0.25) is 5.02 Å². The quantitative estimate of drug-likeness (QED) is 0.788. The molecule has 2 fully saturated rings. The van der Waals surface area contributed by atoms with Gasteiger partial charge in [-0.25, -0.2) is 0 Å². The molecule has 0 saturated carbocycles. The van der Waals surface area contributed by atoms with Gasteiger partial charge in [-0.1, -0.05) is 11.6 Å². The molecule has 2 aliphatic heterocycles. The first kappa shape index (κ1) is 15.6. The van der Waals surface area contributed by atoms with Crippen LogP contribution in [0.1, 0.15) is 29.0 Å². The molecular formula is C13H16ClF3N4O. The highest BCUT2D eigenvalue weighted by atomic mass is 35.5. The summed E-state index contributed by atoms with van der Waals surface area (Å²) >= 11 is 5.78. The first-order valence-electron chi connectivity index (χ1n) is 7.12. The van der Waals surface area contributed by atoms with Crippen LogP contribution in [0, 0.1) is 0 Å². The van der Waals surface area contributed by atoms with Crippen molar-refractivity contribution in [2.75, 3.05) is 26.2 Å². The second-order valence-electron chi connectivity index (χ2n) is 5.72. The highest BCUT2D eigenvalue weighted by Gasteiger charge is 2.41. The summed E-state index contributed by atoms with van der Waals surface area (Å²) in [5, 5.41) is 2.75. The maximum absolute atomic E-state index is 12.8. The lowest BCUT2D eigenvalue weighted by Crippen LogP contribution is -2.52. The maximum atomic E-state index is 12.8. The molecule has 1 atom stereocenters. The summed E-state index contributed by atoms with van der Waals surface area (Å²) in [6, 6.07) is 0.298. The van der Waals surface area contributed by atoms with Gasteiger partial charge in [0.15, 0.2) is 5.69 Å². The molecule has 1 aromatic heterocycles. The van der Waals surface area contributed by atoms with Crippen molar-refractivity contribution in [1.29, 1.82) is 0 Å². The minimum atomic E-state index is -4.67. The van der Waals surface area contributed by atoms with E-state index in [1.54, 1.807) is 4.90 Å². The van der Waals surface area contributed by atoms with Crippen LogP contribution in [0.5, 0.6) is 0 Å². The van der Waals surface area contributed by atoms with E-state index >= 15 is 0 Å². The number of carbonyl (C=O) groups is 1. The Hall–Kier alpha value is -1.28. The first-order valence-corrected chi connectivity index (χ1v) is 7.50. The molecule has 22 heavy (non-hydrogen) atoms. The van der Waals surface area contributed by atoms with Crippen LogP contribution in [0.15, 0.2) is 0 Å². The molecular weight excluding hydrogens is 321 g/mol. The zero-order valence-electron chi connectivity index (χ0n) is 12.0. The Bertz CT molecular complexity index is 601. The normalized spacial score (nSPS) is 23.0. The summed E-state index contributed by atoms with van der Waals surface area (Å²) in [6.07, 6.45) is -2.56. The van der Waals surface area contributed by atoms with Crippen molar-refractivity contribution in [3.8, 4) is 0 Å². The van der Waals surface area contributed by atoms with Crippen molar-refractivity contribution >= 4 is 17.5 Å². The molecule has 0 N–H and O–H groups in total. The van der Waals surface area contributed by atoms with Gasteiger partial charge in [0, 0.05) is 32.7 Å². The summed E-state index contributed by atoms with van der Waals surface area (Å²) in [6.45, 7) is 2.80. The van der Waals surface area contributed by atoms with E-state index in [0.717, 1.165) is 30.6 Å². The minimum Gasteiger partial charge on any atom is -0.334 e. The zero-order chi connectivity index (χ0) is 16.1. The van der Waals surface area contributed by atoms with Gasteiger partial charge in [-0.2, -0.15) is 18.3 Å². The molecule has 0 spiro atoms. The highest BCUT2D eigenvalue weighted by molar-refractivity contribution is 6.34. The standard InChI is InChI=1S/C13H16ClF3N4O/c1-19-10(9(14)11(18-19)13(15,16)17)12(22)21-6-5-20-4-2-3-8(20)7-21/h8H,2-7H2,1H3/t8-/m1/s1. The smallest absolute Gasteiger partial charge is 0.334 e. The van der Waals surface area contributed by atoms with Gasteiger partial charge in [-0.3, -0.25) is 14.4 Å². The number of nitrogens with zero attached hydrogens (tertiary/aromatic N) is 4. The van der Waals surface area contributed by atoms with Gasteiger partial charge in [0.25, 0.3) is 5.91 Å². The second kappa shape index (κ2) is 5.42. The van der Waals surface area contributed by atoms with Crippen LogP contribution in [0.25, 0.3) is 0 Å². The molecule has 0 radical (unpaired) electrons. The van der Waals surface area contributed by atoms with E-state index in [4.69, 9.17) is 11.6 Å². The van der Waals surface area contributed by atoms with Gasteiger partial charge in [-0.15, -0.1) is 0 Å². The van der Waals surface area contributed by atoms with Crippen molar-refractivity contribution in [2.45, 2.75) is 25.1 Å². The number of aryl methyl sites for hydroxylation is 1. The molecule has 2 aliphatic rings. The Balaban J connectivity index is 1.85. The Morgan fingerprint density at radius 2 is 2.05 bits per heavy atom. The number of hydrogen-bond donors (Lipinski definition) is 0. The summed E-state index contributed by atoms with van der Waals surface area (Å²) in [5.74, 6) is -0.484. The molecule has 0 aliphatic carbocycles. The lowest BCUT2D eigenvalue weighted by molar-refractivity contribution is -0.141. The monoisotopic (exact) mass is 336 g/mol. The fraction of sp³-hybridized carbons (Fsp3) is 0.692. The number of fused-ring (bicyclic) bond motifs is 1. The fourth-order valence-electron chi connectivity index (χ4n) is 3.24. The number of hydrogen-bond acceptors (Lipinski definition) is 3. The van der Waals surface area contributed by atoms with E-state index in [9.17, 15) is 18.0 Å². The summed E-state index contributed by atoms with van der Waals surface area (Å²) < 4.78 is 39.4. The summed E-state index contributed by atoms with van der Waals surface area (Å²) in [5.41, 5.74) is -1.40. The van der Waals surface area contributed by atoms with Crippen LogP contribution in [0.3, 0.4) is 0 Å². The number of carbonyl (C=O) groups excluding carboxylic acids is 1. The van der Waals surface area contributed by atoms with Gasteiger partial charge in [0.1, 0.15) is 10.7 Å². The molecule has 3 rings (SSSR count). The van der Waals surface area contributed by atoms with Crippen LogP contribution in [-0.4, -0.2) is 57.7 Å². The van der Waals surface area contributed by atoms with E-state index in [0.29, 0.717) is 19.1 Å². The Morgan fingerprint density at radius 3 is 2.68 bits per heavy atom. The molecule has 1 amide bonds. The number of amides is 1. The molecule has 1 aromatic rings. The van der Waals surface area contributed by atoms with Gasteiger partial charge in [0.05, 0.1) is 0 Å². The predicted octanol–water partition coefficient (Wildman–Crippen LogP) is 2.01. The van der Waals surface area contributed by atoms with E-state index in [2.05, 4.69) is 10.00 Å². The van der Waals surface area contributed by atoms with Crippen LogP contribution >= 0.6 is 11.6 Å². The van der Waals surface area contributed by atoms with Crippen molar-refractivity contribution in [3.05, 3.63) is 16.4 Å². The lowest BCUT2D eigenvalue weighted by Gasteiger charge is -2.37. The highest BCUT2D eigenvalue weighted by Crippen LogP contribution is 2.36. The molecule has 2 saturated heterocycles. The topological polar surface area (TPSA) is 41.4 Å². The molecule has 0 unspecified atom stereocenters. The number of aromatic nitrogens is 2. The predicted molar refractivity (Wildman–Crippen MR) is 73.7 cm³/mol. The SMILES string of the molecule is Cn1nc(C(F)(F)F)c(Cl)c1C(=O)N1CCN2CCC[C@@H]2C1. The number of rotatable bonds is 1. The number of piperazine rings is 1. The average molecular weight is 337 g/mol. The van der Waals surface area contributed by atoms with Gasteiger partial charge < -0.3 is 4.90 Å². The maximum Gasteiger partial charge on any atom is 0.436 e. The Kier molecular flexibility index (Phi) is 3.84. The van der Waals surface area contributed by atoms with Crippen molar-refractivity contribution in [1.82, 2.24) is 19.6 Å². The Morgan fingerprint density at radius 1 is 1.32 bits per heavy atom. The molecule has 5 nitrogen and oxygen atoms in total. The largest absolute Gasteiger partial charge is 0.436 e. The number of halogens is 4. The molecule has 122 valence electrons. The molecule has 0 bridgehead atoms. The zero-order valence-corrected chi connectivity index (χ0v) is 12.8. The molecule has 9 heteroatoms. The van der Waals surface area contributed by atoms with Crippen molar-refractivity contribution in [2.24, 2.45) is 7.05 Å². The van der Waals surface area contributed by atoms with Crippen molar-refractivity contribution < 1.29 is 18.0 Å². The number of alkyl halides is 3. The average Bonchev–Trinajstić information content (AvgIpc) is 3.01. The fourth-order valence-corrected chi connectivity index (χ4v) is 3.58. The third kappa shape index (κ3) is 2.58. The van der Waals surface area contributed by atoms with Crippen molar-refractivity contribution in [3.63, 3.8) is 0 Å². The van der Waals surface area contributed by atoms with Gasteiger partial charge in [0.2, 0.25) is 0 Å². The van der Waals surface area contributed by atoms with Crippen LogP contribution < -0.4 is 0 Å². The van der Waals surface area contributed by atoms with E-state index in [1.165, 1.54) is 7.05 Å². The minimum absolute atomic E-state index is 0.194. The van der Waals surface area contributed by atoms with E-state index in [1.807, 2.05) is 0 Å². The summed E-state index contributed by atoms with van der Waals surface area (Å²) in [4.78, 5) is 16.5. The second-order valence-corrected chi connectivity index (χ2v) is 6.09. The third-order valence-electron chi connectivity index (χ3n) is 4.34. The third-order valence-corrected chi connectivity index (χ3v) is 4.69. The van der Waals surface area contributed by atoms with E-state index < -0.39 is 22.8 Å². The molecule has 3 heterocycles. The van der Waals surface area contributed by atoms with Crippen LogP contribution in [-0.2, 0) is 13.2 Å². The Labute approximate surface area is 130 Å². The van der Waals surface area contributed by atoms with Gasteiger partial charge >= 0.3 is 6.18 Å². The lowest BCUT2D eigenvalue weighted by atomic mass is 10.1. The van der Waals surface area contributed by atoms with Gasteiger partial charge in [-0.05, 0) is 19.4 Å². The summed E-state index contributed by atoms with van der Waals surface area (Å²) in [7, 11) is 1.31.